The Morgan fingerprint density at radius 1 is 1.07 bits per heavy atom. The van der Waals surface area contributed by atoms with Gasteiger partial charge in [-0.15, -0.1) is 0 Å². The van der Waals surface area contributed by atoms with Gasteiger partial charge < -0.3 is 14.7 Å². The van der Waals surface area contributed by atoms with Crippen LogP contribution in [0.15, 0.2) is 59.5 Å². The smallest absolute Gasteiger partial charge is 0.277 e. The zero-order valence-electron chi connectivity index (χ0n) is 15.5. The lowest BCUT2D eigenvalue weighted by Crippen LogP contribution is -2.54. The lowest BCUT2D eigenvalue weighted by molar-refractivity contribution is 0.0621. The first-order chi connectivity index (χ1) is 13.6. The molecule has 28 heavy (non-hydrogen) atoms. The first-order valence-electron chi connectivity index (χ1n) is 9.05. The summed E-state index contributed by atoms with van der Waals surface area (Å²) in [5.41, 5.74) is 0.497. The fourth-order valence-corrected chi connectivity index (χ4v) is 3.56. The molecule has 7 nitrogen and oxygen atoms in total. The van der Waals surface area contributed by atoms with Crippen molar-refractivity contribution in [2.75, 3.05) is 31.9 Å². The number of methoxy groups -OCH3 is 1. The molecular weight excluding hydrogens is 358 g/mol. The molecule has 0 fully saturated rings. The van der Waals surface area contributed by atoms with Gasteiger partial charge in [-0.25, -0.2) is 0 Å². The number of aromatic hydroxyl groups is 1. The van der Waals surface area contributed by atoms with Gasteiger partial charge in [-0.1, -0.05) is 42.5 Å². The number of benzene rings is 2. The van der Waals surface area contributed by atoms with Crippen molar-refractivity contribution in [3.63, 3.8) is 0 Å². The van der Waals surface area contributed by atoms with Crippen molar-refractivity contribution < 1.29 is 14.6 Å². The highest BCUT2D eigenvalue weighted by Crippen LogP contribution is 2.24. The van der Waals surface area contributed by atoms with Crippen molar-refractivity contribution in [1.82, 2.24) is 9.58 Å². The van der Waals surface area contributed by atoms with E-state index in [0.717, 1.165) is 16.3 Å². The van der Waals surface area contributed by atoms with Crippen molar-refractivity contribution >= 4 is 16.7 Å². The largest absolute Gasteiger partial charge is 0.502 e. The van der Waals surface area contributed by atoms with Crippen LogP contribution in [0.5, 0.6) is 5.75 Å². The number of hydrogen-bond acceptors (Lipinski definition) is 5. The first-order valence-corrected chi connectivity index (χ1v) is 9.05. The van der Waals surface area contributed by atoms with Gasteiger partial charge in [0.15, 0.2) is 11.4 Å². The van der Waals surface area contributed by atoms with E-state index in [-0.39, 0.29) is 11.6 Å². The third-order valence-corrected chi connectivity index (χ3v) is 4.98. The Morgan fingerprint density at radius 2 is 1.86 bits per heavy atom. The highest BCUT2D eigenvalue weighted by Gasteiger charge is 2.32. The van der Waals surface area contributed by atoms with Crippen LogP contribution >= 0.6 is 0 Å². The Labute approximate surface area is 162 Å². The van der Waals surface area contributed by atoms with Gasteiger partial charge >= 0.3 is 0 Å². The van der Waals surface area contributed by atoms with Crippen LogP contribution in [-0.2, 0) is 11.3 Å². The summed E-state index contributed by atoms with van der Waals surface area (Å²) in [6.07, 6.45) is 1.54. The maximum absolute atomic E-state index is 12.8. The monoisotopic (exact) mass is 379 g/mol. The van der Waals surface area contributed by atoms with E-state index in [4.69, 9.17) is 4.74 Å². The molecule has 0 spiro atoms. The summed E-state index contributed by atoms with van der Waals surface area (Å²) in [5.74, 6) is -0.918. The number of pyridine rings is 1. The van der Waals surface area contributed by atoms with E-state index in [1.165, 1.54) is 12.3 Å². The summed E-state index contributed by atoms with van der Waals surface area (Å²) in [5, 5.41) is 14.5. The molecule has 144 valence electrons. The van der Waals surface area contributed by atoms with Gasteiger partial charge in [0.2, 0.25) is 5.43 Å². The van der Waals surface area contributed by atoms with E-state index in [1.54, 1.807) is 16.7 Å². The highest BCUT2D eigenvalue weighted by atomic mass is 16.5. The van der Waals surface area contributed by atoms with Crippen LogP contribution in [0.3, 0.4) is 0 Å². The van der Waals surface area contributed by atoms with Crippen molar-refractivity contribution in [3.05, 3.63) is 76.2 Å². The molecule has 0 unspecified atom stereocenters. The molecule has 0 saturated heterocycles. The molecule has 4 rings (SSSR count). The standard InChI is InChI=1S/C21H21N3O4/c1-28-12-11-22-14-23(24-10-9-18(25)20(26)19(24)21(22)27)13-16-7-4-6-15-5-2-3-8-17(15)16/h2-10,26H,11-14H2,1H3. The molecule has 2 heterocycles. The molecule has 0 atom stereocenters. The number of carbonyl (C=O) groups excluding carboxylic acids is 1. The summed E-state index contributed by atoms with van der Waals surface area (Å²) in [4.78, 5) is 26.3. The molecular formula is C21H21N3O4. The minimum atomic E-state index is -0.571. The third-order valence-electron chi connectivity index (χ3n) is 4.98. The van der Waals surface area contributed by atoms with Crippen LogP contribution in [0.1, 0.15) is 16.1 Å². The summed E-state index contributed by atoms with van der Waals surface area (Å²) in [7, 11) is 1.57. The molecule has 2 aromatic carbocycles. The molecule has 1 aliphatic rings. The number of aromatic nitrogens is 1. The Hall–Kier alpha value is -3.32. The maximum Gasteiger partial charge on any atom is 0.277 e. The van der Waals surface area contributed by atoms with Crippen molar-refractivity contribution in [3.8, 4) is 5.75 Å². The third kappa shape index (κ3) is 3.10. The molecule has 7 heteroatoms. The molecule has 0 aliphatic carbocycles. The van der Waals surface area contributed by atoms with Crippen LogP contribution in [0.2, 0.25) is 0 Å². The van der Waals surface area contributed by atoms with Gasteiger partial charge in [-0.2, -0.15) is 0 Å². The maximum atomic E-state index is 12.8. The number of nitrogens with zero attached hydrogens (tertiary/aromatic N) is 3. The molecule has 1 aromatic heterocycles. The van der Waals surface area contributed by atoms with Crippen molar-refractivity contribution in [2.45, 2.75) is 6.54 Å². The fraction of sp³-hybridized carbons (Fsp3) is 0.238. The van der Waals surface area contributed by atoms with Crippen LogP contribution in [0.25, 0.3) is 10.8 Å². The predicted molar refractivity (Wildman–Crippen MR) is 106 cm³/mol. The van der Waals surface area contributed by atoms with E-state index >= 15 is 0 Å². The van der Waals surface area contributed by atoms with E-state index in [0.29, 0.717) is 26.4 Å². The number of amides is 1. The first kappa shape index (κ1) is 18.1. The number of fused-ring (bicyclic) bond motifs is 2. The summed E-state index contributed by atoms with van der Waals surface area (Å²) < 4.78 is 6.68. The second-order valence-corrected chi connectivity index (χ2v) is 6.73. The van der Waals surface area contributed by atoms with E-state index in [2.05, 4.69) is 18.2 Å². The average molecular weight is 379 g/mol. The minimum absolute atomic E-state index is 0.0184. The SMILES string of the molecule is COCCN1CN(Cc2cccc3ccccc23)n2ccc(=O)c(O)c2C1=O. The van der Waals surface area contributed by atoms with Crippen LogP contribution < -0.4 is 10.4 Å². The Bertz CT molecular complexity index is 1090. The van der Waals surface area contributed by atoms with Gasteiger partial charge in [0.05, 0.1) is 13.2 Å². The second-order valence-electron chi connectivity index (χ2n) is 6.73. The minimum Gasteiger partial charge on any atom is -0.502 e. The number of ether oxygens (including phenoxy) is 1. The molecule has 1 N–H and O–H groups in total. The van der Waals surface area contributed by atoms with Gasteiger partial charge in [-0.05, 0) is 16.3 Å². The quantitative estimate of drug-likeness (QED) is 0.733. The Kier molecular flexibility index (Phi) is 4.75. The number of carbonyl (C=O) groups is 1. The zero-order valence-corrected chi connectivity index (χ0v) is 15.5. The topological polar surface area (TPSA) is 75.0 Å². The summed E-state index contributed by atoms with van der Waals surface area (Å²) in [6.45, 7) is 1.56. The predicted octanol–water partition coefficient (Wildman–Crippen LogP) is 1.90. The molecule has 0 saturated carbocycles. The number of hydrogen-bond donors (Lipinski definition) is 1. The molecule has 1 aliphatic heterocycles. The van der Waals surface area contributed by atoms with Gasteiger partial charge in [-0.3, -0.25) is 19.3 Å². The average Bonchev–Trinajstić information content (AvgIpc) is 2.71. The summed E-state index contributed by atoms with van der Waals surface area (Å²) in [6, 6.07) is 15.5. The van der Waals surface area contributed by atoms with Crippen LogP contribution in [0, 0.1) is 0 Å². The van der Waals surface area contributed by atoms with Gasteiger partial charge in [0.1, 0.15) is 6.67 Å². The highest BCUT2D eigenvalue weighted by molar-refractivity contribution is 5.96. The summed E-state index contributed by atoms with van der Waals surface area (Å²) >= 11 is 0. The normalized spacial score (nSPS) is 13.8. The molecule has 1 amide bonds. The lowest BCUT2D eigenvalue weighted by Gasteiger charge is -2.39. The van der Waals surface area contributed by atoms with Crippen molar-refractivity contribution in [2.24, 2.45) is 0 Å². The molecule has 0 bridgehead atoms. The Balaban J connectivity index is 1.77. The number of rotatable bonds is 5. The van der Waals surface area contributed by atoms with Gasteiger partial charge in [0, 0.05) is 25.9 Å². The molecule has 3 aromatic rings. The van der Waals surface area contributed by atoms with Crippen molar-refractivity contribution in [1.29, 1.82) is 0 Å². The fourth-order valence-electron chi connectivity index (χ4n) is 3.56. The van der Waals surface area contributed by atoms with E-state index < -0.39 is 11.2 Å². The van der Waals surface area contributed by atoms with E-state index in [9.17, 15) is 14.7 Å². The van der Waals surface area contributed by atoms with Crippen LogP contribution in [-0.4, -0.2) is 47.5 Å². The van der Waals surface area contributed by atoms with Crippen LogP contribution in [0.4, 0.5) is 0 Å². The molecule has 0 radical (unpaired) electrons. The second kappa shape index (κ2) is 7.36. The Morgan fingerprint density at radius 3 is 2.68 bits per heavy atom. The zero-order chi connectivity index (χ0) is 19.7. The van der Waals surface area contributed by atoms with E-state index in [1.807, 2.05) is 29.3 Å². The lowest BCUT2D eigenvalue weighted by atomic mass is 10.0. The van der Waals surface area contributed by atoms with Gasteiger partial charge in [0.25, 0.3) is 5.91 Å².